The molecule has 5 nitrogen and oxygen atoms in total. The van der Waals surface area contributed by atoms with Crippen LogP contribution in [0.5, 0.6) is 0 Å². The first-order chi connectivity index (χ1) is 18.7. The topological polar surface area (TPSA) is 80.3 Å². The summed E-state index contributed by atoms with van der Waals surface area (Å²) in [4.78, 5) is 0. The standard InChI is InChI=1S/C12HF26NO4S2.Li.H/c13-1(14,5(21,22)9(29,30)31)3(17,18)7(25,26)11(35,36)44(40,41)39-45(42,43)12(37,38)8(27,28)4(19,20)2(15,16)6(23,24)10(32,33)34;;/h39H;;/q;+1;-1. The molecule has 0 radical (unpaired) electrons. The molecule has 0 aromatic heterocycles. The van der Waals surface area contributed by atoms with Crippen molar-refractivity contribution in [1.29, 1.82) is 0 Å². The van der Waals surface area contributed by atoms with Crippen molar-refractivity contribution in [2.45, 2.75) is 70.2 Å². The number of rotatable bonds is 12. The van der Waals surface area contributed by atoms with E-state index in [1.54, 1.807) is 0 Å². The Hall–Kier alpha value is -1.36. The molecule has 0 unspecified atom stereocenters. The van der Waals surface area contributed by atoms with E-state index in [2.05, 4.69) is 0 Å². The summed E-state index contributed by atoms with van der Waals surface area (Å²) in [6.07, 6.45) is -16.3. The largest absolute Gasteiger partial charge is 1.00 e. The number of hydrogen-bond donors (Lipinski definition) is 1. The third-order valence-corrected chi connectivity index (χ3v) is 8.32. The average Bonchev–Trinajstić information content (AvgIpc) is 2.75. The minimum Gasteiger partial charge on any atom is -1.00 e. The summed E-state index contributed by atoms with van der Waals surface area (Å²) in [7, 11) is -18.8. The maximum absolute atomic E-state index is 13.7. The van der Waals surface area contributed by atoms with Gasteiger partial charge in [-0.25, -0.2) is 16.8 Å². The Labute approximate surface area is 246 Å². The van der Waals surface area contributed by atoms with E-state index in [0.29, 0.717) is 0 Å². The van der Waals surface area contributed by atoms with Crippen molar-refractivity contribution in [2.24, 2.45) is 0 Å². The molecule has 34 heteroatoms. The Morgan fingerprint density at radius 2 is 0.457 bits per heavy atom. The Bertz CT molecular complexity index is 1250. The molecular formula is C12H2F26LiNO4S2. The van der Waals surface area contributed by atoms with Gasteiger partial charge in [-0.2, -0.15) is 114 Å². The molecule has 1 N–H and O–H groups in total. The van der Waals surface area contributed by atoms with E-state index in [1.807, 2.05) is 0 Å². The zero-order valence-corrected chi connectivity index (χ0v) is 21.4. The molecule has 0 saturated heterocycles. The van der Waals surface area contributed by atoms with Gasteiger partial charge in [0.05, 0.1) is 0 Å². The van der Waals surface area contributed by atoms with Crippen molar-refractivity contribution in [2.75, 3.05) is 0 Å². The summed E-state index contributed by atoms with van der Waals surface area (Å²) in [6.45, 7) is 0. The zero-order valence-electron chi connectivity index (χ0n) is 20.8. The van der Waals surface area contributed by atoms with Gasteiger partial charge in [-0.05, 0) is 0 Å². The first kappa shape index (κ1) is 46.8. The molecule has 0 aromatic carbocycles. The first-order valence-corrected chi connectivity index (χ1v) is 11.9. The molecule has 0 heterocycles. The van der Waals surface area contributed by atoms with Crippen LogP contribution >= 0.6 is 0 Å². The molecule has 0 fully saturated rings. The molecule has 0 aliphatic heterocycles. The quantitative estimate of drug-likeness (QED) is 0.242. The van der Waals surface area contributed by atoms with Crippen LogP contribution in [0.4, 0.5) is 114 Å². The molecule has 0 spiro atoms. The molecule has 0 atom stereocenters. The molecule has 0 aliphatic carbocycles. The van der Waals surface area contributed by atoms with Gasteiger partial charge in [0.2, 0.25) is 0 Å². The Kier molecular flexibility index (Phi) is 11.5. The molecule has 0 rings (SSSR count). The van der Waals surface area contributed by atoms with E-state index in [4.69, 9.17) is 0 Å². The van der Waals surface area contributed by atoms with Crippen molar-refractivity contribution in [3.63, 3.8) is 0 Å². The van der Waals surface area contributed by atoms with E-state index < -0.39 is 94.4 Å². The summed E-state index contributed by atoms with van der Waals surface area (Å²) < 4.78 is 380. The molecule has 0 aliphatic rings. The number of sulfonamides is 2. The molecule has 0 bridgehead atoms. The number of nitrogens with one attached hydrogen (secondary N) is 1. The second-order valence-corrected chi connectivity index (χ2v) is 11.4. The fraction of sp³-hybridized carbons (Fsp3) is 1.00. The second-order valence-electron chi connectivity index (χ2n) is 7.71. The maximum Gasteiger partial charge on any atom is 1.00 e. The van der Waals surface area contributed by atoms with Gasteiger partial charge in [0.15, 0.2) is 0 Å². The monoisotopic (exact) mass is 789 g/mol. The van der Waals surface area contributed by atoms with Gasteiger partial charge in [0, 0.05) is 0 Å². The number of hydrogen-bond acceptors (Lipinski definition) is 4. The summed E-state index contributed by atoms with van der Waals surface area (Å²) in [6, 6.07) is 0. The van der Waals surface area contributed by atoms with Gasteiger partial charge in [-0.3, -0.25) is 0 Å². The number of halogens is 26. The van der Waals surface area contributed by atoms with Crippen molar-refractivity contribution >= 4 is 20.0 Å². The SMILES string of the molecule is O=S(=O)(NS(=O)(=O)C(F)(F)C(F)(F)C(F)(F)C(F)(F)C(F)(F)C(F)(F)F)C(F)(F)C(F)(F)C(F)(F)C(F)(F)C(F)(F)C(F)(F)F.[H-].[Li+]. The normalized spacial score (nSPS) is 16.7. The Morgan fingerprint density at radius 3 is 0.609 bits per heavy atom. The van der Waals surface area contributed by atoms with Crippen LogP contribution in [0.15, 0.2) is 0 Å². The third-order valence-electron chi connectivity index (χ3n) is 4.70. The Balaban J connectivity index is -0.00000968. The van der Waals surface area contributed by atoms with Crippen molar-refractivity contribution in [3.8, 4) is 0 Å². The van der Waals surface area contributed by atoms with Crippen LogP contribution in [0, 0.1) is 0 Å². The Morgan fingerprint density at radius 1 is 0.304 bits per heavy atom. The van der Waals surface area contributed by atoms with Crippen LogP contribution in [0.2, 0.25) is 0 Å². The zero-order chi connectivity index (χ0) is 37.7. The van der Waals surface area contributed by atoms with Crippen LogP contribution in [0.1, 0.15) is 1.43 Å². The average molecular weight is 789 g/mol. The van der Waals surface area contributed by atoms with E-state index in [0.717, 1.165) is 0 Å². The maximum atomic E-state index is 13.7. The minimum absolute atomic E-state index is 0. The summed E-state index contributed by atoms with van der Waals surface area (Å²) in [5, 5.41) is -17.8. The van der Waals surface area contributed by atoms with Gasteiger partial charge in [-0.1, -0.05) is 4.13 Å². The molecule has 0 saturated carbocycles. The molecule has 0 amide bonds. The van der Waals surface area contributed by atoms with Crippen LogP contribution in [-0.2, 0) is 20.0 Å². The molecule has 0 aromatic rings. The van der Waals surface area contributed by atoms with Gasteiger partial charge >= 0.3 is 89.1 Å². The predicted octanol–water partition coefficient (Wildman–Crippen LogP) is 3.74. The van der Waals surface area contributed by atoms with E-state index in [-0.39, 0.29) is 20.3 Å². The summed E-state index contributed by atoms with van der Waals surface area (Å²) >= 11 is 0. The predicted molar refractivity (Wildman–Crippen MR) is 83.7 cm³/mol. The molecule has 274 valence electrons. The van der Waals surface area contributed by atoms with E-state index in [9.17, 15) is 131 Å². The van der Waals surface area contributed by atoms with Crippen LogP contribution in [-0.4, -0.2) is 87.1 Å². The van der Waals surface area contributed by atoms with Crippen LogP contribution < -0.4 is 23.0 Å². The minimum atomic E-state index is -9.41. The number of alkyl halides is 26. The van der Waals surface area contributed by atoms with Gasteiger partial charge in [0.1, 0.15) is 0 Å². The van der Waals surface area contributed by atoms with Crippen molar-refractivity contribution in [1.82, 2.24) is 4.13 Å². The van der Waals surface area contributed by atoms with Gasteiger partial charge in [0.25, 0.3) is 20.0 Å². The fourth-order valence-corrected chi connectivity index (χ4v) is 5.02. The fourth-order valence-electron chi connectivity index (χ4n) is 2.10. The van der Waals surface area contributed by atoms with Gasteiger partial charge in [-0.15, -0.1) is 0 Å². The summed E-state index contributed by atoms with van der Waals surface area (Å²) in [5.41, 5.74) is 0. The van der Waals surface area contributed by atoms with E-state index in [1.165, 1.54) is 0 Å². The third kappa shape index (κ3) is 5.83. The van der Waals surface area contributed by atoms with Crippen LogP contribution in [0.3, 0.4) is 0 Å². The summed E-state index contributed by atoms with van der Waals surface area (Å²) in [5.74, 6) is -71.9. The molecule has 46 heavy (non-hydrogen) atoms. The van der Waals surface area contributed by atoms with E-state index >= 15 is 0 Å². The molecular weight excluding hydrogens is 787 g/mol. The van der Waals surface area contributed by atoms with Crippen LogP contribution in [0.25, 0.3) is 0 Å². The van der Waals surface area contributed by atoms with Crippen molar-refractivity contribution in [3.05, 3.63) is 0 Å². The van der Waals surface area contributed by atoms with Crippen molar-refractivity contribution < 1.29 is 151 Å². The smallest absolute Gasteiger partial charge is 1.00 e. The second kappa shape index (κ2) is 11.3. The van der Waals surface area contributed by atoms with Gasteiger partial charge < -0.3 is 1.43 Å². The first-order valence-electron chi connectivity index (χ1n) is 8.90.